The maximum Gasteiger partial charge on any atom is 0.258 e. The Morgan fingerprint density at radius 2 is 2.07 bits per heavy atom. The van der Waals surface area contributed by atoms with Crippen LogP contribution >= 0.6 is 11.3 Å². The molecule has 0 fully saturated rings. The molecular weight excluding hydrogens is 386 g/mol. The number of rotatable bonds is 6. The number of carbonyl (C=O) groups is 1. The van der Waals surface area contributed by atoms with E-state index >= 15 is 0 Å². The summed E-state index contributed by atoms with van der Waals surface area (Å²) < 4.78 is 12.8. The molecule has 2 heterocycles. The Labute approximate surface area is 174 Å². The Morgan fingerprint density at radius 3 is 2.86 bits per heavy atom. The fraction of sp³-hybridized carbons (Fsp3) is 0.348. The van der Waals surface area contributed by atoms with Gasteiger partial charge in [0, 0.05) is 21.6 Å². The summed E-state index contributed by atoms with van der Waals surface area (Å²) in [6, 6.07) is 15.7. The largest absolute Gasteiger partial charge is 0.483 e. The van der Waals surface area contributed by atoms with Gasteiger partial charge in [0.15, 0.2) is 18.1 Å². The van der Waals surface area contributed by atoms with E-state index < -0.39 is 5.60 Å². The molecule has 0 spiro atoms. The second-order valence-electron chi connectivity index (χ2n) is 8.27. The lowest BCUT2D eigenvalue weighted by atomic mass is 10.0. The van der Waals surface area contributed by atoms with Crippen LogP contribution in [0.1, 0.15) is 31.2 Å². The Bertz CT molecular complexity index is 1020. The molecule has 3 aromatic rings. The number of ether oxygens (including phenoxy) is 2. The van der Waals surface area contributed by atoms with Gasteiger partial charge in [-0.3, -0.25) is 4.79 Å². The number of hydrogen-bond acceptors (Lipinski definition) is 5. The molecule has 152 valence electrons. The number of fused-ring (bicyclic) bond motifs is 2. The summed E-state index contributed by atoms with van der Waals surface area (Å²) >= 11 is 1.53. The highest BCUT2D eigenvalue weighted by Gasteiger charge is 2.32. The van der Waals surface area contributed by atoms with Gasteiger partial charge in [0.25, 0.3) is 5.91 Å². The third-order valence-corrected chi connectivity index (χ3v) is 6.37. The molecule has 2 aromatic carbocycles. The summed E-state index contributed by atoms with van der Waals surface area (Å²) in [5.41, 5.74) is -0.339. The van der Waals surface area contributed by atoms with E-state index in [9.17, 15) is 9.90 Å². The normalized spacial score (nSPS) is 16.7. The van der Waals surface area contributed by atoms with Crippen LogP contribution in [-0.2, 0) is 16.8 Å². The van der Waals surface area contributed by atoms with E-state index in [-0.39, 0.29) is 24.7 Å². The van der Waals surface area contributed by atoms with Crippen LogP contribution < -0.4 is 14.8 Å². The smallest absolute Gasteiger partial charge is 0.258 e. The number of para-hydroxylation sites is 1. The number of nitrogens with one attached hydrogen (secondary N) is 1. The van der Waals surface area contributed by atoms with Crippen molar-refractivity contribution >= 4 is 27.3 Å². The van der Waals surface area contributed by atoms with E-state index in [0.717, 1.165) is 26.9 Å². The maximum atomic E-state index is 12.3. The van der Waals surface area contributed by atoms with Crippen LogP contribution in [0.2, 0.25) is 0 Å². The average molecular weight is 412 g/mol. The number of benzene rings is 2. The van der Waals surface area contributed by atoms with Crippen molar-refractivity contribution in [3.05, 3.63) is 59.0 Å². The highest BCUT2D eigenvalue weighted by atomic mass is 32.1. The molecule has 5 nitrogen and oxygen atoms in total. The lowest BCUT2D eigenvalue weighted by Crippen LogP contribution is -2.40. The monoisotopic (exact) mass is 411 g/mol. The van der Waals surface area contributed by atoms with Crippen LogP contribution in [0.3, 0.4) is 0 Å². The summed E-state index contributed by atoms with van der Waals surface area (Å²) in [6.45, 7) is 5.74. The molecule has 1 unspecified atom stereocenters. The lowest BCUT2D eigenvalue weighted by Gasteiger charge is -2.22. The summed E-state index contributed by atoms with van der Waals surface area (Å²) in [5, 5.41) is 14.7. The molecule has 0 saturated carbocycles. The average Bonchev–Trinajstić information content (AvgIpc) is 3.24. The van der Waals surface area contributed by atoms with Crippen molar-refractivity contribution in [2.75, 3.05) is 13.2 Å². The molecule has 0 aliphatic carbocycles. The second-order valence-corrected chi connectivity index (χ2v) is 9.35. The molecule has 1 aliphatic rings. The maximum absolute atomic E-state index is 12.3. The third-order valence-electron chi connectivity index (χ3n) is 5.00. The van der Waals surface area contributed by atoms with E-state index in [2.05, 4.69) is 5.32 Å². The van der Waals surface area contributed by atoms with Crippen LogP contribution in [0.4, 0.5) is 0 Å². The first-order valence-corrected chi connectivity index (χ1v) is 10.5. The molecule has 29 heavy (non-hydrogen) atoms. The van der Waals surface area contributed by atoms with Crippen molar-refractivity contribution in [2.24, 2.45) is 0 Å². The molecule has 2 N–H and O–H groups in total. The van der Waals surface area contributed by atoms with Crippen LogP contribution in [0.25, 0.3) is 10.1 Å². The minimum atomic E-state index is -1.15. The van der Waals surface area contributed by atoms with Gasteiger partial charge in [-0.25, -0.2) is 0 Å². The molecular formula is C23H25NO4S. The summed E-state index contributed by atoms with van der Waals surface area (Å²) in [7, 11) is 0. The molecule has 6 heteroatoms. The van der Waals surface area contributed by atoms with Crippen molar-refractivity contribution in [3.63, 3.8) is 0 Å². The number of aliphatic hydroxyl groups is 1. The minimum Gasteiger partial charge on any atom is -0.483 e. The van der Waals surface area contributed by atoms with Gasteiger partial charge < -0.3 is 19.9 Å². The summed E-state index contributed by atoms with van der Waals surface area (Å²) in [6.07, 6.45) is 0.809. The highest BCUT2D eigenvalue weighted by Crippen LogP contribution is 2.41. The van der Waals surface area contributed by atoms with Crippen molar-refractivity contribution in [2.45, 2.75) is 38.4 Å². The summed E-state index contributed by atoms with van der Waals surface area (Å²) in [5.74, 6) is 0.989. The number of hydrogen-bond donors (Lipinski definition) is 2. The van der Waals surface area contributed by atoms with Gasteiger partial charge in [-0.1, -0.05) is 30.3 Å². The van der Waals surface area contributed by atoms with Gasteiger partial charge in [0.1, 0.15) is 11.2 Å². The Kier molecular flexibility index (Phi) is 5.00. The first-order chi connectivity index (χ1) is 13.7. The quantitative estimate of drug-likeness (QED) is 0.643. The molecule has 1 aliphatic heterocycles. The number of amides is 1. The summed E-state index contributed by atoms with van der Waals surface area (Å²) in [4.78, 5) is 13.1. The van der Waals surface area contributed by atoms with Gasteiger partial charge in [-0.2, -0.15) is 0 Å². The Hall–Kier alpha value is -2.57. The van der Waals surface area contributed by atoms with Crippen LogP contribution in [0.5, 0.6) is 11.5 Å². The zero-order valence-electron chi connectivity index (χ0n) is 16.8. The fourth-order valence-corrected chi connectivity index (χ4v) is 4.61. The number of thiophene rings is 1. The predicted octanol–water partition coefficient (Wildman–Crippen LogP) is 4.02. The first kappa shape index (κ1) is 19.7. The van der Waals surface area contributed by atoms with Crippen LogP contribution in [0, 0.1) is 0 Å². The van der Waals surface area contributed by atoms with Gasteiger partial charge in [-0.05, 0) is 44.4 Å². The van der Waals surface area contributed by atoms with E-state index in [0.29, 0.717) is 11.5 Å². The molecule has 1 amide bonds. The van der Waals surface area contributed by atoms with E-state index in [1.54, 1.807) is 13.0 Å². The van der Waals surface area contributed by atoms with Crippen LogP contribution in [-0.4, -0.2) is 29.8 Å². The first-order valence-electron chi connectivity index (χ1n) is 9.65. The van der Waals surface area contributed by atoms with E-state index in [1.807, 2.05) is 56.3 Å². The van der Waals surface area contributed by atoms with Crippen LogP contribution in [0.15, 0.2) is 48.5 Å². The van der Waals surface area contributed by atoms with Crippen molar-refractivity contribution in [3.8, 4) is 11.5 Å². The van der Waals surface area contributed by atoms with Crippen molar-refractivity contribution in [1.29, 1.82) is 0 Å². The molecule has 1 aromatic heterocycles. The molecule has 1 atom stereocenters. The van der Waals surface area contributed by atoms with Gasteiger partial charge in [-0.15, -0.1) is 11.3 Å². The molecule has 0 radical (unpaired) electrons. The zero-order valence-corrected chi connectivity index (χ0v) is 17.6. The SMILES string of the molecule is CC1(C)Cc2cccc(OCC(=O)NCC(C)(O)c3cc4ccccc4s3)c2O1. The Morgan fingerprint density at radius 1 is 1.28 bits per heavy atom. The lowest BCUT2D eigenvalue weighted by molar-refractivity contribution is -0.124. The van der Waals surface area contributed by atoms with E-state index in [4.69, 9.17) is 9.47 Å². The number of carbonyl (C=O) groups excluding carboxylic acids is 1. The molecule has 4 rings (SSSR count). The highest BCUT2D eigenvalue weighted by molar-refractivity contribution is 7.19. The van der Waals surface area contributed by atoms with Gasteiger partial charge >= 0.3 is 0 Å². The topological polar surface area (TPSA) is 67.8 Å². The second kappa shape index (κ2) is 7.35. The fourth-order valence-electron chi connectivity index (χ4n) is 3.50. The molecule has 0 saturated heterocycles. The van der Waals surface area contributed by atoms with Gasteiger partial charge in [0.05, 0.1) is 6.54 Å². The standard InChI is InChI=1S/C23H25NO4S/c1-22(2)12-16-8-6-9-17(21(16)28-22)27-13-20(25)24-14-23(3,26)19-11-15-7-4-5-10-18(15)29-19/h4-11,26H,12-14H2,1-3H3,(H,24,25). The molecule has 0 bridgehead atoms. The minimum absolute atomic E-state index is 0.110. The zero-order chi connectivity index (χ0) is 20.6. The third kappa shape index (κ3) is 4.23. The van der Waals surface area contributed by atoms with Gasteiger partial charge in [0.2, 0.25) is 0 Å². The van der Waals surface area contributed by atoms with Crippen molar-refractivity contribution in [1.82, 2.24) is 5.32 Å². The van der Waals surface area contributed by atoms with Crippen molar-refractivity contribution < 1.29 is 19.4 Å². The predicted molar refractivity (Wildman–Crippen MR) is 115 cm³/mol. The Balaban J connectivity index is 1.35. The van der Waals surface area contributed by atoms with E-state index in [1.165, 1.54) is 11.3 Å².